The molecular weight excluding hydrogens is 316 g/mol. The van der Waals surface area contributed by atoms with E-state index < -0.39 is 0 Å². The molecule has 0 spiro atoms. The van der Waals surface area contributed by atoms with E-state index >= 15 is 0 Å². The van der Waals surface area contributed by atoms with Crippen LogP contribution in [0, 0.1) is 0 Å². The van der Waals surface area contributed by atoms with Crippen molar-refractivity contribution in [3.63, 3.8) is 0 Å². The quantitative estimate of drug-likeness (QED) is 0.522. The fourth-order valence-electron chi connectivity index (χ4n) is 2.74. The average Bonchev–Trinajstić information content (AvgIpc) is 2.58. The summed E-state index contributed by atoms with van der Waals surface area (Å²) >= 11 is 0. The van der Waals surface area contributed by atoms with Gasteiger partial charge in [0.25, 0.3) is 0 Å². The fourth-order valence-corrected chi connectivity index (χ4v) is 2.74. The summed E-state index contributed by atoms with van der Waals surface area (Å²) in [7, 11) is 3.20. The van der Waals surface area contributed by atoms with Crippen molar-refractivity contribution in [3.8, 4) is 11.5 Å². The monoisotopic (exact) mass is 342 g/mol. The Morgan fingerprint density at radius 2 is 1.80 bits per heavy atom. The highest BCUT2D eigenvalue weighted by Crippen LogP contribution is 2.35. The van der Waals surface area contributed by atoms with Crippen LogP contribution in [0.1, 0.15) is 39.2 Å². The summed E-state index contributed by atoms with van der Waals surface area (Å²) in [6.45, 7) is 6.33. The Bertz CT molecular complexity index is 852. The lowest BCUT2D eigenvalue weighted by atomic mass is 10.0. The van der Waals surface area contributed by atoms with E-state index in [1.807, 2.05) is 6.07 Å². The van der Waals surface area contributed by atoms with Crippen molar-refractivity contribution in [1.82, 2.24) is 0 Å². The molecule has 1 aromatic heterocycles. The van der Waals surface area contributed by atoms with Crippen LogP contribution >= 0.6 is 0 Å². The van der Waals surface area contributed by atoms with Gasteiger partial charge in [-0.2, -0.15) is 0 Å². The van der Waals surface area contributed by atoms with Crippen molar-refractivity contribution in [3.05, 3.63) is 57.5 Å². The average molecular weight is 342 g/mol. The molecule has 0 fully saturated rings. The summed E-state index contributed by atoms with van der Waals surface area (Å²) < 4.78 is 16.4. The summed E-state index contributed by atoms with van der Waals surface area (Å²) in [5.74, 6) is 1.29. The highest BCUT2D eigenvalue weighted by Gasteiger charge is 2.15. The predicted octanol–water partition coefficient (Wildman–Crippen LogP) is 5.05. The third-order valence-corrected chi connectivity index (χ3v) is 4.12. The largest absolute Gasteiger partial charge is 0.496 e. The van der Waals surface area contributed by atoms with Crippen molar-refractivity contribution >= 4 is 11.0 Å². The van der Waals surface area contributed by atoms with Crippen molar-refractivity contribution < 1.29 is 13.9 Å². The summed E-state index contributed by atoms with van der Waals surface area (Å²) in [4.78, 5) is 11.7. The molecule has 0 aliphatic rings. The number of hydrogen-bond acceptors (Lipinski definition) is 4. The maximum atomic E-state index is 11.7. The number of allylic oxidation sites excluding steroid dienone is 4. The summed E-state index contributed by atoms with van der Waals surface area (Å²) in [5.41, 5.74) is 3.63. The van der Waals surface area contributed by atoms with E-state index in [9.17, 15) is 4.79 Å². The Labute approximate surface area is 148 Å². The van der Waals surface area contributed by atoms with Crippen LogP contribution in [0.2, 0.25) is 0 Å². The normalized spacial score (nSPS) is 11.5. The Morgan fingerprint density at radius 3 is 2.44 bits per heavy atom. The van der Waals surface area contributed by atoms with Crippen LogP contribution in [0.4, 0.5) is 0 Å². The standard InChI is InChI=1S/C21H26O4/c1-14(2)7-6-8-15(3)9-10-16-18(23-4)13-19(24-5)17-11-12-20(22)25-21(16)17/h7,9,11-13H,6,8,10H2,1-5H3/b15-9+. The maximum absolute atomic E-state index is 11.7. The number of methoxy groups -OCH3 is 2. The van der Waals surface area contributed by atoms with Crippen LogP contribution in [0.25, 0.3) is 11.0 Å². The number of rotatable bonds is 7. The van der Waals surface area contributed by atoms with Crippen LogP contribution in [-0.4, -0.2) is 14.2 Å². The molecule has 0 aliphatic heterocycles. The minimum absolute atomic E-state index is 0.381. The van der Waals surface area contributed by atoms with Gasteiger partial charge in [-0.3, -0.25) is 0 Å². The smallest absolute Gasteiger partial charge is 0.336 e. The fraction of sp³-hybridized carbons (Fsp3) is 0.381. The van der Waals surface area contributed by atoms with Gasteiger partial charge >= 0.3 is 5.63 Å². The highest BCUT2D eigenvalue weighted by molar-refractivity contribution is 5.88. The molecule has 0 radical (unpaired) electrons. The van der Waals surface area contributed by atoms with Crippen LogP contribution in [0.3, 0.4) is 0 Å². The first kappa shape index (κ1) is 18.8. The topological polar surface area (TPSA) is 48.7 Å². The van der Waals surface area contributed by atoms with E-state index in [4.69, 9.17) is 13.9 Å². The molecule has 0 N–H and O–H groups in total. The second-order valence-corrected chi connectivity index (χ2v) is 6.33. The first-order valence-electron chi connectivity index (χ1n) is 8.43. The van der Waals surface area contributed by atoms with Gasteiger partial charge in [-0.25, -0.2) is 4.79 Å². The summed E-state index contributed by atoms with van der Waals surface area (Å²) in [6.07, 6.45) is 7.07. The summed E-state index contributed by atoms with van der Waals surface area (Å²) in [5, 5.41) is 0.772. The first-order chi connectivity index (χ1) is 12.0. The van der Waals surface area contributed by atoms with Gasteiger partial charge in [0.05, 0.1) is 19.6 Å². The molecule has 0 aliphatic carbocycles. The van der Waals surface area contributed by atoms with E-state index in [1.165, 1.54) is 17.2 Å². The minimum Gasteiger partial charge on any atom is -0.496 e. The maximum Gasteiger partial charge on any atom is 0.336 e. The molecule has 134 valence electrons. The Balaban J connectivity index is 2.41. The first-order valence-corrected chi connectivity index (χ1v) is 8.43. The van der Waals surface area contributed by atoms with Crippen molar-refractivity contribution in [2.45, 2.75) is 40.0 Å². The molecule has 4 nitrogen and oxygen atoms in total. The number of fused-ring (bicyclic) bond motifs is 1. The van der Waals surface area contributed by atoms with Gasteiger partial charge in [-0.15, -0.1) is 0 Å². The van der Waals surface area contributed by atoms with E-state index in [2.05, 4.69) is 32.9 Å². The predicted molar refractivity (Wildman–Crippen MR) is 102 cm³/mol. The molecule has 0 unspecified atom stereocenters. The van der Waals surface area contributed by atoms with Crippen molar-refractivity contribution in [1.29, 1.82) is 0 Å². The molecular formula is C21H26O4. The van der Waals surface area contributed by atoms with Gasteiger partial charge in [0.1, 0.15) is 17.1 Å². The molecule has 2 aromatic rings. The van der Waals surface area contributed by atoms with Crippen LogP contribution < -0.4 is 15.1 Å². The second-order valence-electron chi connectivity index (χ2n) is 6.33. The molecule has 2 rings (SSSR count). The third-order valence-electron chi connectivity index (χ3n) is 4.12. The second kappa shape index (κ2) is 8.56. The van der Waals surface area contributed by atoms with Gasteiger partial charge < -0.3 is 13.9 Å². The molecule has 0 amide bonds. The van der Waals surface area contributed by atoms with E-state index in [-0.39, 0.29) is 5.63 Å². The van der Waals surface area contributed by atoms with Crippen molar-refractivity contribution in [2.75, 3.05) is 14.2 Å². The molecule has 1 aromatic carbocycles. The van der Waals surface area contributed by atoms with E-state index in [0.29, 0.717) is 23.5 Å². The highest BCUT2D eigenvalue weighted by atomic mass is 16.5. The number of ether oxygens (including phenoxy) is 2. The molecule has 1 heterocycles. The van der Waals surface area contributed by atoms with Crippen LogP contribution in [0.15, 0.2) is 50.7 Å². The number of hydrogen-bond donors (Lipinski definition) is 0. The molecule has 0 saturated heterocycles. The van der Waals surface area contributed by atoms with E-state index in [0.717, 1.165) is 23.8 Å². The lowest BCUT2D eigenvalue weighted by Crippen LogP contribution is -2.01. The molecule has 4 heteroatoms. The zero-order chi connectivity index (χ0) is 18.4. The van der Waals surface area contributed by atoms with Crippen molar-refractivity contribution in [2.24, 2.45) is 0 Å². The Morgan fingerprint density at radius 1 is 1.08 bits per heavy atom. The minimum atomic E-state index is -0.381. The van der Waals surface area contributed by atoms with Crippen LogP contribution in [0.5, 0.6) is 11.5 Å². The van der Waals surface area contributed by atoms with Gasteiger partial charge in [-0.1, -0.05) is 23.3 Å². The zero-order valence-electron chi connectivity index (χ0n) is 15.6. The Kier molecular flexibility index (Phi) is 6.45. The van der Waals surface area contributed by atoms with Gasteiger partial charge in [0.15, 0.2) is 0 Å². The molecule has 25 heavy (non-hydrogen) atoms. The van der Waals surface area contributed by atoms with E-state index in [1.54, 1.807) is 20.3 Å². The molecule has 0 bridgehead atoms. The van der Waals surface area contributed by atoms with Gasteiger partial charge in [-0.05, 0) is 46.1 Å². The molecule has 0 saturated carbocycles. The molecule has 0 atom stereocenters. The Hall–Kier alpha value is -2.49. The zero-order valence-corrected chi connectivity index (χ0v) is 15.6. The van der Waals surface area contributed by atoms with Gasteiger partial charge in [0.2, 0.25) is 0 Å². The lowest BCUT2D eigenvalue weighted by Gasteiger charge is -2.13. The number of benzene rings is 1. The summed E-state index contributed by atoms with van der Waals surface area (Å²) in [6, 6.07) is 4.97. The van der Waals surface area contributed by atoms with Gasteiger partial charge in [0, 0.05) is 17.7 Å². The third kappa shape index (κ3) is 4.75. The van der Waals surface area contributed by atoms with Crippen LogP contribution in [-0.2, 0) is 6.42 Å². The SMILES string of the molecule is COc1cc(OC)c2ccc(=O)oc2c1C/C=C(\C)CCC=C(C)C. The lowest BCUT2D eigenvalue weighted by molar-refractivity contribution is 0.393.